The Morgan fingerprint density at radius 3 is 2.71 bits per heavy atom. The van der Waals surface area contributed by atoms with Crippen LogP contribution < -0.4 is 15.0 Å². The molecule has 0 saturated carbocycles. The maximum absolute atomic E-state index is 12.3. The Kier molecular flexibility index (Phi) is 6.61. The van der Waals surface area contributed by atoms with Crippen molar-refractivity contribution in [3.63, 3.8) is 0 Å². The van der Waals surface area contributed by atoms with Crippen LogP contribution in [-0.4, -0.2) is 37.6 Å². The first-order valence-corrected chi connectivity index (χ1v) is 8.29. The lowest BCUT2D eigenvalue weighted by atomic mass is 10.1. The average Bonchev–Trinajstić information content (AvgIpc) is 2.63. The molecule has 0 atom stereocenters. The van der Waals surface area contributed by atoms with Crippen molar-refractivity contribution < 1.29 is 9.53 Å². The summed E-state index contributed by atoms with van der Waals surface area (Å²) in [6.07, 6.45) is 4.15. The van der Waals surface area contributed by atoms with Gasteiger partial charge in [0.1, 0.15) is 5.75 Å². The first-order valence-electron chi connectivity index (χ1n) is 8.29. The summed E-state index contributed by atoms with van der Waals surface area (Å²) in [7, 11) is 1.65. The van der Waals surface area contributed by atoms with E-state index >= 15 is 0 Å². The number of hydrogen-bond acceptors (Lipinski definition) is 4. The van der Waals surface area contributed by atoms with Crippen LogP contribution in [0.4, 0.5) is 5.69 Å². The summed E-state index contributed by atoms with van der Waals surface area (Å²) in [4.78, 5) is 18.7. The fourth-order valence-electron chi connectivity index (χ4n) is 2.56. The van der Waals surface area contributed by atoms with E-state index in [0.29, 0.717) is 12.1 Å². The van der Waals surface area contributed by atoms with Gasteiger partial charge in [0.15, 0.2) is 0 Å². The van der Waals surface area contributed by atoms with E-state index in [1.807, 2.05) is 30.3 Å². The van der Waals surface area contributed by atoms with Gasteiger partial charge in [-0.3, -0.25) is 9.78 Å². The molecule has 0 unspecified atom stereocenters. The number of hydrogen-bond donors (Lipinski definition) is 1. The maximum Gasteiger partial charge on any atom is 0.252 e. The van der Waals surface area contributed by atoms with Crippen molar-refractivity contribution in [2.75, 3.05) is 31.6 Å². The fraction of sp³-hybridized carbons (Fsp3) is 0.368. The number of benzene rings is 1. The predicted molar refractivity (Wildman–Crippen MR) is 96.8 cm³/mol. The second-order valence-corrected chi connectivity index (χ2v) is 5.46. The molecule has 1 amide bonds. The van der Waals surface area contributed by atoms with Crippen molar-refractivity contribution in [2.45, 2.75) is 20.3 Å². The summed E-state index contributed by atoms with van der Waals surface area (Å²) >= 11 is 0. The van der Waals surface area contributed by atoms with Gasteiger partial charge in [-0.15, -0.1) is 0 Å². The molecule has 128 valence electrons. The molecule has 0 fully saturated rings. The minimum atomic E-state index is -0.0978. The maximum atomic E-state index is 12.3. The molecule has 1 aromatic carbocycles. The van der Waals surface area contributed by atoms with Crippen LogP contribution in [0.1, 0.15) is 29.8 Å². The number of anilines is 1. The second kappa shape index (κ2) is 8.91. The summed E-state index contributed by atoms with van der Waals surface area (Å²) in [5.74, 6) is 0.731. The highest BCUT2D eigenvalue weighted by atomic mass is 16.5. The van der Waals surface area contributed by atoms with Crippen LogP contribution >= 0.6 is 0 Å². The van der Waals surface area contributed by atoms with Gasteiger partial charge in [0.05, 0.1) is 24.6 Å². The lowest BCUT2D eigenvalue weighted by Crippen LogP contribution is -2.27. The molecule has 0 bridgehead atoms. The summed E-state index contributed by atoms with van der Waals surface area (Å²) in [6, 6.07) is 9.76. The van der Waals surface area contributed by atoms with Crippen LogP contribution in [0.15, 0.2) is 42.7 Å². The molecule has 2 rings (SSSR count). The molecule has 2 aromatic rings. The minimum Gasteiger partial charge on any atom is -0.497 e. The number of nitrogens with one attached hydrogen (secondary N) is 1. The van der Waals surface area contributed by atoms with Gasteiger partial charge < -0.3 is 15.0 Å². The van der Waals surface area contributed by atoms with Crippen molar-refractivity contribution in [1.82, 2.24) is 10.3 Å². The molecule has 5 nitrogen and oxygen atoms in total. The number of rotatable bonds is 8. The minimum absolute atomic E-state index is 0.0978. The zero-order valence-electron chi connectivity index (χ0n) is 14.6. The van der Waals surface area contributed by atoms with Crippen molar-refractivity contribution in [1.29, 1.82) is 0 Å². The Morgan fingerprint density at radius 1 is 1.21 bits per heavy atom. The Bertz CT molecular complexity index is 669. The molecule has 0 aliphatic heterocycles. The Hall–Kier alpha value is -2.56. The first-order chi connectivity index (χ1) is 11.7. The van der Waals surface area contributed by atoms with Crippen LogP contribution in [0.2, 0.25) is 0 Å². The standard InChI is InChI=1S/C19H25N3O2/c1-4-22(5-2)17-12-16(13-20-14-17)19(23)21-10-9-15-7-6-8-18(11-15)24-3/h6-8,11-14H,4-5,9-10H2,1-3H3,(H,21,23). The van der Waals surface area contributed by atoms with Crippen molar-refractivity contribution in [3.8, 4) is 5.75 Å². The van der Waals surface area contributed by atoms with E-state index in [1.54, 1.807) is 19.5 Å². The van der Waals surface area contributed by atoms with Gasteiger partial charge in [0, 0.05) is 25.8 Å². The Balaban J connectivity index is 1.93. The highest BCUT2D eigenvalue weighted by Gasteiger charge is 2.09. The Morgan fingerprint density at radius 2 is 2.00 bits per heavy atom. The lowest BCUT2D eigenvalue weighted by Gasteiger charge is -2.20. The molecular weight excluding hydrogens is 302 g/mol. The molecule has 0 saturated heterocycles. The molecule has 1 aromatic heterocycles. The number of nitrogens with zero attached hydrogens (tertiary/aromatic N) is 2. The van der Waals surface area contributed by atoms with E-state index < -0.39 is 0 Å². The van der Waals surface area contributed by atoms with Gasteiger partial charge in [-0.25, -0.2) is 0 Å². The highest BCUT2D eigenvalue weighted by Crippen LogP contribution is 2.15. The summed E-state index contributed by atoms with van der Waals surface area (Å²) in [5, 5.41) is 2.95. The fourth-order valence-corrected chi connectivity index (χ4v) is 2.56. The van der Waals surface area contributed by atoms with Gasteiger partial charge in [-0.2, -0.15) is 0 Å². The van der Waals surface area contributed by atoms with Gasteiger partial charge in [0.2, 0.25) is 0 Å². The number of ether oxygens (including phenoxy) is 1. The summed E-state index contributed by atoms with van der Waals surface area (Å²) in [6.45, 7) is 6.52. The van der Waals surface area contributed by atoms with Crippen molar-refractivity contribution >= 4 is 11.6 Å². The SMILES string of the molecule is CCN(CC)c1cncc(C(=O)NCCc2cccc(OC)c2)c1. The third-order valence-electron chi connectivity index (χ3n) is 3.95. The number of aromatic nitrogens is 1. The summed E-state index contributed by atoms with van der Waals surface area (Å²) in [5.41, 5.74) is 2.69. The van der Waals surface area contributed by atoms with Gasteiger partial charge in [-0.1, -0.05) is 12.1 Å². The molecule has 0 aliphatic carbocycles. The van der Waals surface area contributed by atoms with E-state index in [-0.39, 0.29) is 5.91 Å². The summed E-state index contributed by atoms with van der Waals surface area (Å²) < 4.78 is 5.21. The largest absolute Gasteiger partial charge is 0.497 e. The molecule has 1 N–H and O–H groups in total. The second-order valence-electron chi connectivity index (χ2n) is 5.46. The quantitative estimate of drug-likeness (QED) is 0.810. The van der Waals surface area contributed by atoms with E-state index in [1.165, 1.54) is 0 Å². The molecule has 0 radical (unpaired) electrons. The molecule has 1 heterocycles. The van der Waals surface area contributed by atoms with Gasteiger partial charge >= 0.3 is 0 Å². The van der Waals surface area contributed by atoms with E-state index in [9.17, 15) is 4.79 Å². The zero-order valence-corrected chi connectivity index (χ0v) is 14.6. The molecule has 5 heteroatoms. The number of carbonyl (C=O) groups excluding carboxylic acids is 1. The predicted octanol–water partition coefficient (Wildman–Crippen LogP) is 2.91. The molecule has 0 aliphatic rings. The van der Waals surface area contributed by atoms with E-state index in [0.717, 1.165) is 36.5 Å². The smallest absolute Gasteiger partial charge is 0.252 e. The monoisotopic (exact) mass is 327 g/mol. The molecular formula is C19H25N3O2. The molecule has 0 spiro atoms. The number of amides is 1. The number of carbonyl (C=O) groups is 1. The van der Waals surface area contributed by atoms with Crippen molar-refractivity contribution in [3.05, 3.63) is 53.9 Å². The van der Waals surface area contributed by atoms with Gasteiger partial charge in [0.25, 0.3) is 5.91 Å². The van der Waals surface area contributed by atoms with Crippen molar-refractivity contribution in [2.24, 2.45) is 0 Å². The van der Waals surface area contributed by atoms with Crippen LogP contribution in [0.3, 0.4) is 0 Å². The highest BCUT2D eigenvalue weighted by molar-refractivity contribution is 5.94. The number of pyridine rings is 1. The third kappa shape index (κ3) is 4.72. The number of methoxy groups -OCH3 is 1. The normalized spacial score (nSPS) is 10.3. The lowest BCUT2D eigenvalue weighted by molar-refractivity contribution is 0.0954. The average molecular weight is 327 g/mol. The van der Waals surface area contributed by atoms with Crippen LogP contribution in [0, 0.1) is 0 Å². The van der Waals surface area contributed by atoms with E-state index in [2.05, 4.69) is 29.0 Å². The third-order valence-corrected chi connectivity index (χ3v) is 3.95. The van der Waals surface area contributed by atoms with Crippen LogP contribution in [0.25, 0.3) is 0 Å². The van der Waals surface area contributed by atoms with E-state index in [4.69, 9.17) is 4.74 Å². The van der Waals surface area contributed by atoms with Crippen LogP contribution in [-0.2, 0) is 6.42 Å². The molecule has 24 heavy (non-hydrogen) atoms. The topological polar surface area (TPSA) is 54.5 Å². The first kappa shape index (κ1) is 17.8. The van der Waals surface area contributed by atoms with Crippen LogP contribution in [0.5, 0.6) is 5.75 Å². The Labute approximate surface area is 143 Å². The van der Waals surface area contributed by atoms with Gasteiger partial charge in [-0.05, 0) is 44.0 Å². The zero-order chi connectivity index (χ0) is 17.4.